The molecule has 1 saturated carbocycles. The summed E-state index contributed by atoms with van der Waals surface area (Å²) in [7, 11) is 1.82. The molecule has 4 rings (SSSR count). The van der Waals surface area contributed by atoms with Crippen LogP contribution in [-0.2, 0) is 22.2 Å². The molecule has 1 aromatic carbocycles. The smallest absolute Gasteiger partial charge is 0.245 e. The van der Waals surface area contributed by atoms with Gasteiger partial charge in [-0.1, -0.05) is 57.8 Å². The fraction of sp³-hybridized carbons (Fsp3) is 0.667. The van der Waals surface area contributed by atoms with E-state index >= 15 is 0 Å². The average Bonchev–Trinajstić information content (AvgIpc) is 3.29. The first-order valence-electron chi connectivity index (χ1n) is 13.2. The Labute approximate surface area is 223 Å². The molecule has 1 aliphatic carbocycles. The van der Waals surface area contributed by atoms with E-state index in [4.69, 9.17) is 11.6 Å². The first kappa shape index (κ1) is 27.5. The van der Waals surface area contributed by atoms with E-state index in [2.05, 4.69) is 20.8 Å². The van der Waals surface area contributed by atoms with Crippen molar-refractivity contribution in [2.45, 2.75) is 77.4 Å². The Balaban J connectivity index is 1.44. The summed E-state index contributed by atoms with van der Waals surface area (Å²) in [6, 6.07) is 6.65. The average molecular weight is 531 g/mol. The van der Waals surface area contributed by atoms with E-state index < -0.39 is 17.1 Å². The van der Waals surface area contributed by atoms with E-state index in [1.165, 1.54) is 0 Å². The summed E-state index contributed by atoms with van der Waals surface area (Å²) in [5.41, 5.74) is -0.884. The molecule has 0 radical (unpaired) electrons. The molecule has 1 saturated heterocycles. The normalized spacial score (nSPS) is 26.6. The molecule has 1 aromatic heterocycles. The lowest BCUT2D eigenvalue weighted by molar-refractivity contribution is -0.157. The number of amides is 2. The summed E-state index contributed by atoms with van der Waals surface area (Å²) < 4.78 is 1.68. The van der Waals surface area contributed by atoms with Gasteiger partial charge in [-0.3, -0.25) is 9.59 Å². The Hall–Kier alpha value is -2.52. The number of aliphatic hydroxyl groups is 1. The molecule has 2 aromatic rings. The van der Waals surface area contributed by atoms with Crippen molar-refractivity contribution in [3.8, 4) is 0 Å². The van der Waals surface area contributed by atoms with Crippen LogP contribution in [0.15, 0.2) is 24.3 Å². The molecule has 37 heavy (non-hydrogen) atoms. The van der Waals surface area contributed by atoms with E-state index in [9.17, 15) is 14.7 Å². The molecule has 4 atom stereocenters. The maximum absolute atomic E-state index is 13.7. The van der Waals surface area contributed by atoms with Crippen LogP contribution in [-0.4, -0.2) is 61.2 Å². The lowest BCUT2D eigenvalue weighted by Crippen LogP contribution is -2.60. The number of rotatable bonds is 6. The summed E-state index contributed by atoms with van der Waals surface area (Å²) in [6.45, 7) is 8.66. The van der Waals surface area contributed by atoms with Gasteiger partial charge in [-0.2, -0.15) is 0 Å². The number of nitrogens with zero attached hydrogens (tertiary/aromatic N) is 5. The number of carbonyl (C=O) groups is 2. The van der Waals surface area contributed by atoms with E-state index in [1.54, 1.807) is 21.7 Å². The number of hydrogen-bond donors (Lipinski definition) is 2. The van der Waals surface area contributed by atoms with Crippen LogP contribution in [0.25, 0.3) is 0 Å². The largest absolute Gasteiger partial charge is 0.384 e. The third kappa shape index (κ3) is 5.53. The molecule has 0 bridgehead atoms. The second-order valence-corrected chi connectivity index (χ2v) is 12.1. The molecule has 2 N–H and O–H groups in total. The second kappa shape index (κ2) is 10.7. The minimum Gasteiger partial charge on any atom is -0.384 e. The lowest BCUT2D eigenvalue weighted by Gasteiger charge is -2.51. The van der Waals surface area contributed by atoms with Gasteiger partial charge in [0.05, 0.1) is 5.60 Å². The Morgan fingerprint density at radius 1 is 1.19 bits per heavy atom. The summed E-state index contributed by atoms with van der Waals surface area (Å²) in [4.78, 5) is 28.9. The third-order valence-corrected chi connectivity index (χ3v) is 8.63. The van der Waals surface area contributed by atoms with Crippen molar-refractivity contribution >= 4 is 23.4 Å². The van der Waals surface area contributed by atoms with Crippen molar-refractivity contribution in [1.82, 2.24) is 30.4 Å². The zero-order valence-corrected chi connectivity index (χ0v) is 23.2. The van der Waals surface area contributed by atoms with Crippen molar-refractivity contribution in [2.75, 3.05) is 13.1 Å². The standard InChI is InChI=1S/C27H39ClN6O3/c1-17(2)22(29-24(35)19-8-6-7-18(15-19)23-30-31-32-33(23)5)25(36)34-14-13-27(37,26(3,4)16-34)20-9-11-21(28)12-10-20/h9-12,17-19,22,37H,6-8,13-16H2,1-5H3,(H,29,35)/t18-,19+,22?,27?/m0/s1. The maximum atomic E-state index is 13.7. The minimum atomic E-state index is -1.09. The maximum Gasteiger partial charge on any atom is 0.245 e. The van der Waals surface area contributed by atoms with Crippen molar-refractivity contribution in [3.05, 3.63) is 40.7 Å². The lowest BCUT2D eigenvalue weighted by atomic mass is 9.66. The van der Waals surface area contributed by atoms with Crippen LogP contribution in [0.2, 0.25) is 5.02 Å². The topological polar surface area (TPSA) is 113 Å². The zero-order chi connectivity index (χ0) is 27.0. The monoisotopic (exact) mass is 530 g/mol. The molecule has 0 spiro atoms. The van der Waals surface area contributed by atoms with Gasteiger partial charge in [0.1, 0.15) is 6.04 Å². The van der Waals surface area contributed by atoms with Gasteiger partial charge in [-0.05, 0) is 59.7 Å². The first-order valence-corrected chi connectivity index (χ1v) is 13.6. The summed E-state index contributed by atoms with van der Waals surface area (Å²) in [5.74, 6) is 0.500. The highest BCUT2D eigenvalue weighted by Crippen LogP contribution is 2.46. The highest BCUT2D eigenvalue weighted by atomic mass is 35.5. The van der Waals surface area contributed by atoms with Gasteiger partial charge in [0, 0.05) is 42.4 Å². The fourth-order valence-corrected chi connectivity index (χ4v) is 6.12. The number of halogens is 1. The number of benzene rings is 1. The molecule has 2 amide bonds. The molecule has 9 nitrogen and oxygen atoms in total. The molecule has 2 fully saturated rings. The van der Waals surface area contributed by atoms with Gasteiger partial charge >= 0.3 is 0 Å². The van der Waals surface area contributed by atoms with Gasteiger partial charge < -0.3 is 15.3 Å². The summed E-state index contributed by atoms with van der Waals surface area (Å²) >= 11 is 6.06. The summed E-state index contributed by atoms with van der Waals surface area (Å²) in [6.07, 6.45) is 3.73. The van der Waals surface area contributed by atoms with Crippen LogP contribution >= 0.6 is 11.6 Å². The number of aromatic nitrogens is 4. The third-order valence-electron chi connectivity index (χ3n) is 8.38. The predicted molar refractivity (Wildman–Crippen MR) is 141 cm³/mol. The fourth-order valence-electron chi connectivity index (χ4n) is 6.00. The highest BCUT2D eigenvalue weighted by molar-refractivity contribution is 6.30. The van der Waals surface area contributed by atoms with Crippen LogP contribution in [0.5, 0.6) is 0 Å². The van der Waals surface area contributed by atoms with E-state index in [0.29, 0.717) is 31.0 Å². The minimum absolute atomic E-state index is 0.0704. The van der Waals surface area contributed by atoms with E-state index in [1.807, 2.05) is 46.9 Å². The molecule has 202 valence electrons. The molecule has 1 aliphatic heterocycles. The number of tetrazole rings is 1. The van der Waals surface area contributed by atoms with Crippen LogP contribution in [0, 0.1) is 17.3 Å². The number of piperidine rings is 1. The Kier molecular flexibility index (Phi) is 7.95. The molecular formula is C27H39ClN6O3. The Morgan fingerprint density at radius 2 is 1.89 bits per heavy atom. The highest BCUT2D eigenvalue weighted by Gasteiger charge is 2.50. The van der Waals surface area contributed by atoms with Gasteiger partial charge in [-0.15, -0.1) is 5.10 Å². The second-order valence-electron chi connectivity index (χ2n) is 11.7. The van der Waals surface area contributed by atoms with Gasteiger partial charge in [-0.25, -0.2) is 4.68 Å². The van der Waals surface area contributed by atoms with Gasteiger partial charge in [0.15, 0.2) is 5.82 Å². The quantitative estimate of drug-likeness (QED) is 0.591. The van der Waals surface area contributed by atoms with Crippen LogP contribution in [0.1, 0.15) is 77.1 Å². The zero-order valence-electron chi connectivity index (χ0n) is 22.4. The van der Waals surface area contributed by atoms with Crippen LogP contribution in [0.4, 0.5) is 0 Å². The van der Waals surface area contributed by atoms with Gasteiger partial charge in [0.2, 0.25) is 11.8 Å². The van der Waals surface area contributed by atoms with Crippen molar-refractivity contribution in [1.29, 1.82) is 0 Å². The molecule has 10 heteroatoms. The number of likely N-dealkylation sites (tertiary alicyclic amines) is 1. The van der Waals surface area contributed by atoms with Crippen molar-refractivity contribution in [3.63, 3.8) is 0 Å². The number of nitrogens with one attached hydrogen (secondary N) is 1. The molecule has 2 unspecified atom stereocenters. The van der Waals surface area contributed by atoms with Crippen molar-refractivity contribution < 1.29 is 14.7 Å². The predicted octanol–water partition coefficient (Wildman–Crippen LogP) is 3.42. The Morgan fingerprint density at radius 3 is 2.49 bits per heavy atom. The van der Waals surface area contributed by atoms with Crippen LogP contribution in [0.3, 0.4) is 0 Å². The number of aryl methyl sites for hydroxylation is 1. The first-order chi connectivity index (χ1) is 17.4. The number of hydrogen-bond acceptors (Lipinski definition) is 6. The number of carbonyl (C=O) groups excluding carboxylic acids is 2. The van der Waals surface area contributed by atoms with Gasteiger partial charge in [0.25, 0.3) is 0 Å². The van der Waals surface area contributed by atoms with Crippen LogP contribution < -0.4 is 5.32 Å². The van der Waals surface area contributed by atoms with E-state index in [-0.39, 0.29) is 29.6 Å². The summed E-state index contributed by atoms with van der Waals surface area (Å²) in [5, 5.41) is 27.2. The SMILES string of the molecule is CC(C)C(NC(=O)[C@@H]1CCC[C@H](c2nnnn2C)C1)C(=O)N1CCC(O)(c2ccc(Cl)cc2)C(C)(C)C1. The molecular weight excluding hydrogens is 492 g/mol. The van der Waals surface area contributed by atoms with E-state index in [0.717, 1.165) is 30.7 Å². The van der Waals surface area contributed by atoms with Crippen molar-refractivity contribution in [2.24, 2.45) is 24.3 Å². The molecule has 2 aliphatic rings. The Bertz CT molecular complexity index is 1120. The molecule has 2 heterocycles.